The third-order valence-corrected chi connectivity index (χ3v) is 5.59. The second kappa shape index (κ2) is 5.58. The fourth-order valence-corrected chi connectivity index (χ4v) is 4.25. The Morgan fingerprint density at radius 2 is 2.10 bits per heavy atom. The van der Waals surface area contributed by atoms with Gasteiger partial charge in [0, 0.05) is 6.61 Å². The molecule has 1 unspecified atom stereocenters. The highest BCUT2D eigenvalue weighted by Gasteiger charge is 2.27. The molecule has 0 aromatic heterocycles. The molecule has 0 rings (SSSR count). The predicted octanol–water partition coefficient (Wildman–Crippen LogP) is 3.40. The molecule has 0 aliphatic heterocycles. The molecule has 0 aromatic rings. The van der Waals surface area contributed by atoms with Gasteiger partial charge in [-0.1, -0.05) is 35.1 Å². The van der Waals surface area contributed by atoms with Crippen molar-refractivity contribution in [2.24, 2.45) is 0 Å². The minimum atomic E-state index is -1.94. The second-order valence-corrected chi connectivity index (χ2v) is 11.3. The van der Waals surface area contributed by atoms with Gasteiger partial charge in [-0.15, -0.1) is 11.1 Å². The molecule has 0 aromatic carbocycles. The van der Waals surface area contributed by atoms with Crippen molar-refractivity contribution in [1.29, 1.82) is 0 Å². The van der Waals surface area contributed by atoms with Crippen molar-refractivity contribution in [3.8, 4) is 0 Å². The lowest BCUT2D eigenvalue weighted by atomic mass is 10.4. The Morgan fingerprint density at radius 3 is 2.50 bits per heavy atom. The van der Waals surface area contributed by atoms with Crippen LogP contribution >= 0.6 is 26.4 Å². The van der Waals surface area contributed by atoms with Crippen LogP contribution in [0.15, 0.2) is 0 Å². The zero-order valence-electron chi connectivity index (χ0n) is 6.49. The van der Waals surface area contributed by atoms with Gasteiger partial charge in [-0.3, -0.25) is 0 Å². The number of hydrogen-bond donors (Lipinski definition) is 0. The van der Waals surface area contributed by atoms with Gasteiger partial charge in [0.25, 0.3) is 0 Å². The second-order valence-electron chi connectivity index (χ2n) is 2.17. The molecule has 62 valence electrons. The van der Waals surface area contributed by atoms with Gasteiger partial charge in [-0.25, -0.2) is 0 Å². The van der Waals surface area contributed by atoms with Gasteiger partial charge in [0.15, 0.2) is 0 Å². The molecule has 0 spiro atoms. The van der Waals surface area contributed by atoms with Crippen LogP contribution in [0.1, 0.15) is 26.7 Å². The van der Waals surface area contributed by atoms with E-state index in [1.807, 2.05) is 6.92 Å². The highest BCUT2D eigenvalue weighted by atomic mass is 79.9. The maximum atomic E-state index is 6.05. The first-order chi connectivity index (χ1) is 4.62. The topological polar surface area (TPSA) is 9.23 Å². The first-order valence-corrected chi connectivity index (χ1v) is 9.02. The van der Waals surface area contributed by atoms with Crippen LogP contribution in [0.25, 0.3) is 0 Å². The van der Waals surface area contributed by atoms with E-state index in [1.165, 1.54) is 6.42 Å². The highest BCUT2D eigenvalue weighted by molar-refractivity contribution is 9.27. The van der Waals surface area contributed by atoms with E-state index in [4.69, 9.17) is 15.5 Å². The molecule has 0 saturated carbocycles. The summed E-state index contributed by atoms with van der Waals surface area (Å²) >= 11 is 9.47. The molecule has 4 heteroatoms. The van der Waals surface area contributed by atoms with Crippen molar-refractivity contribution in [2.45, 2.75) is 32.7 Å². The third kappa shape index (κ3) is 5.71. The molecule has 0 N–H and O–H groups in total. The average Bonchev–Trinajstić information content (AvgIpc) is 1.84. The molecule has 0 fully saturated rings. The van der Waals surface area contributed by atoms with E-state index in [0.717, 1.165) is 12.5 Å². The summed E-state index contributed by atoms with van der Waals surface area (Å²) in [4.78, 5) is 0. The fourth-order valence-electron chi connectivity index (χ4n) is 0.666. The Balaban J connectivity index is 3.42. The highest BCUT2D eigenvalue weighted by Crippen LogP contribution is 2.26. The molecule has 0 amide bonds. The lowest BCUT2D eigenvalue weighted by molar-refractivity contribution is 0.349. The van der Waals surface area contributed by atoms with Crippen LogP contribution in [0.4, 0.5) is 0 Å². The van der Waals surface area contributed by atoms with E-state index < -0.39 is 6.25 Å². The van der Waals surface area contributed by atoms with Gasteiger partial charge in [0.2, 0.25) is 0 Å². The zero-order chi connectivity index (χ0) is 8.04. The molecular formula is C6H14BrClOSi. The summed E-state index contributed by atoms with van der Waals surface area (Å²) in [5.41, 5.74) is 0. The van der Waals surface area contributed by atoms with Crippen LogP contribution in [0.2, 0.25) is 6.04 Å². The fraction of sp³-hybridized carbons (Fsp3) is 1.00. The van der Waals surface area contributed by atoms with Crippen molar-refractivity contribution in [1.82, 2.24) is 0 Å². The van der Waals surface area contributed by atoms with Crippen LogP contribution < -0.4 is 0 Å². The summed E-state index contributed by atoms with van der Waals surface area (Å²) in [5, 5.41) is 0. The van der Waals surface area contributed by atoms with Crippen molar-refractivity contribution in [3.05, 3.63) is 0 Å². The molecule has 0 radical (unpaired) electrons. The molecule has 10 heavy (non-hydrogen) atoms. The zero-order valence-corrected chi connectivity index (χ0v) is 9.83. The van der Waals surface area contributed by atoms with Gasteiger partial charge in [0.05, 0.1) is 0 Å². The molecule has 1 atom stereocenters. The normalized spacial score (nSPS) is 16.8. The van der Waals surface area contributed by atoms with Crippen molar-refractivity contribution in [2.75, 3.05) is 6.61 Å². The number of hydrogen-bond acceptors (Lipinski definition) is 1. The Kier molecular flexibility index (Phi) is 6.11. The van der Waals surface area contributed by atoms with Crippen LogP contribution in [0.3, 0.4) is 0 Å². The van der Waals surface area contributed by atoms with E-state index in [-0.39, 0.29) is 0 Å². The summed E-state index contributed by atoms with van der Waals surface area (Å²) in [6.45, 7) is 4.84. The van der Waals surface area contributed by atoms with E-state index in [1.54, 1.807) is 0 Å². The molecule has 0 saturated heterocycles. The largest absolute Gasteiger partial charge is 0.396 e. The molecule has 0 aliphatic carbocycles. The summed E-state index contributed by atoms with van der Waals surface area (Å²) in [6, 6.07) is 0.999. The van der Waals surface area contributed by atoms with Crippen molar-refractivity contribution in [3.63, 3.8) is 0 Å². The molecule has 0 bridgehead atoms. The lowest BCUT2D eigenvalue weighted by Crippen LogP contribution is -2.23. The van der Waals surface area contributed by atoms with Gasteiger partial charge in [-0.2, -0.15) is 0 Å². The van der Waals surface area contributed by atoms with Crippen LogP contribution in [-0.2, 0) is 4.43 Å². The first-order valence-electron chi connectivity index (χ1n) is 3.64. The quantitative estimate of drug-likeness (QED) is 0.533. The Hall–Kier alpha value is 0.947. The van der Waals surface area contributed by atoms with Crippen LogP contribution in [-0.4, -0.2) is 12.9 Å². The summed E-state index contributed by atoms with van der Waals surface area (Å²) < 4.78 is 5.35. The molecule has 1 nitrogen and oxygen atoms in total. The minimum Gasteiger partial charge on any atom is -0.396 e. The third-order valence-electron chi connectivity index (χ3n) is 1.18. The van der Waals surface area contributed by atoms with Gasteiger partial charge in [-0.05, 0) is 13.0 Å². The van der Waals surface area contributed by atoms with Crippen molar-refractivity contribution < 1.29 is 4.43 Å². The Bertz CT molecular complexity index is 89.8. The molecule has 0 aliphatic rings. The standard InChI is InChI=1S/C6H14BrClOSi/c1-3-5-6-10(7,8)9-4-2/h3-6H2,1-2H3. The molecular weight excluding hydrogens is 232 g/mol. The van der Waals surface area contributed by atoms with Crippen LogP contribution in [0, 0.1) is 0 Å². The van der Waals surface area contributed by atoms with E-state index in [9.17, 15) is 0 Å². The van der Waals surface area contributed by atoms with Gasteiger partial charge >= 0.3 is 6.25 Å². The maximum Gasteiger partial charge on any atom is 0.362 e. The maximum absolute atomic E-state index is 6.05. The lowest BCUT2D eigenvalue weighted by Gasteiger charge is -2.15. The van der Waals surface area contributed by atoms with Crippen LogP contribution in [0.5, 0.6) is 0 Å². The number of rotatable bonds is 5. The Labute approximate surface area is 76.5 Å². The minimum absolute atomic E-state index is 0.713. The van der Waals surface area contributed by atoms with Gasteiger partial charge < -0.3 is 4.43 Å². The SMILES string of the molecule is CCCC[Si](Cl)(Br)OCC. The van der Waals surface area contributed by atoms with Gasteiger partial charge in [0.1, 0.15) is 0 Å². The van der Waals surface area contributed by atoms with Crippen molar-refractivity contribution >= 4 is 32.6 Å². The number of halogens is 2. The van der Waals surface area contributed by atoms with E-state index in [2.05, 4.69) is 22.2 Å². The average molecular weight is 246 g/mol. The predicted molar refractivity (Wildman–Crippen MR) is 51.9 cm³/mol. The van der Waals surface area contributed by atoms with E-state index >= 15 is 0 Å². The first kappa shape index (κ1) is 10.9. The summed E-state index contributed by atoms with van der Waals surface area (Å²) in [5.74, 6) is 0. The summed E-state index contributed by atoms with van der Waals surface area (Å²) in [6.07, 6.45) is 0.395. The number of unbranched alkanes of at least 4 members (excludes halogenated alkanes) is 1. The smallest absolute Gasteiger partial charge is 0.362 e. The Morgan fingerprint density at radius 1 is 1.50 bits per heavy atom. The van der Waals surface area contributed by atoms with E-state index in [0.29, 0.717) is 6.61 Å². The molecule has 0 heterocycles. The monoisotopic (exact) mass is 244 g/mol. The summed E-state index contributed by atoms with van der Waals surface area (Å²) in [7, 11) is 0.